The fourth-order valence-electron chi connectivity index (χ4n) is 1.81. The summed E-state index contributed by atoms with van der Waals surface area (Å²) in [6.07, 6.45) is -0.0679. The predicted octanol–water partition coefficient (Wildman–Crippen LogP) is -0.276. The van der Waals surface area contributed by atoms with E-state index in [1.807, 2.05) is 0 Å². The van der Waals surface area contributed by atoms with Gasteiger partial charge in [-0.2, -0.15) is 11.8 Å². The number of carboxylic acids is 1. The number of urea groups is 1. The number of likely N-dealkylation sites (N-methyl/N-ethyl adjacent to an activating group) is 1. The number of aliphatic carboxylic acids is 1. The maximum atomic E-state index is 11.9. The van der Waals surface area contributed by atoms with E-state index in [4.69, 9.17) is 5.11 Å². The van der Waals surface area contributed by atoms with E-state index in [1.165, 1.54) is 4.90 Å². The number of nitrogens with one attached hydrogen (secondary N) is 2. The van der Waals surface area contributed by atoms with Gasteiger partial charge in [-0.1, -0.05) is 0 Å². The van der Waals surface area contributed by atoms with Crippen LogP contribution < -0.4 is 10.6 Å². The molecule has 1 saturated heterocycles. The molecule has 0 radical (unpaired) electrons. The third-order valence-corrected chi connectivity index (χ3v) is 3.76. The number of carbonyl (C=O) groups excluding carboxylic acids is 2. The highest BCUT2D eigenvalue weighted by atomic mass is 32.2. The van der Waals surface area contributed by atoms with Gasteiger partial charge in [-0.15, -0.1) is 0 Å². The molecular formula is C11H19N3O4S. The van der Waals surface area contributed by atoms with Crippen molar-refractivity contribution in [1.82, 2.24) is 15.5 Å². The van der Waals surface area contributed by atoms with E-state index < -0.39 is 5.97 Å². The van der Waals surface area contributed by atoms with E-state index in [-0.39, 0.29) is 30.9 Å². The number of nitrogens with zero attached hydrogens (tertiary/aromatic N) is 1. The summed E-state index contributed by atoms with van der Waals surface area (Å²) in [4.78, 5) is 35.4. The molecule has 1 heterocycles. The van der Waals surface area contributed by atoms with Crippen molar-refractivity contribution in [3.63, 3.8) is 0 Å². The minimum absolute atomic E-state index is 0.0679. The highest BCUT2D eigenvalue weighted by Crippen LogP contribution is 2.18. The van der Waals surface area contributed by atoms with Gasteiger partial charge >= 0.3 is 12.0 Å². The lowest BCUT2D eigenvalue weighted by Gasteiger charge is -2.34. The molecule has 3 N–H and O–H groups in total. The van der Waals surface area contributed by atoms with Gasteiger partial charge in [0.2, 0.25) is 5.91 Å². The van der Waals surface area contributed by atoms with Gasteiger partial charge in [0, 0.05) is 24.6 Å². The van der Waals surface area contributed by atoms with Crippen LogP contribution in [0.2, 0.25) is 0 Å². The Kier molecular flexibility index (Phi) is 6.48. The van der Waals surface area contributed by atoms with Crippen LogP contribution in [0.3, 0.4) is 0 Å². The van der Waals surface area contributed by atoms with Gasteiger partial charge in [0.05, 0.1) is 19.0 Å². The van der Waals surface area contributed by atoms with Crippen molar-refractivity contribution in [1.29, 1.82) is 0 Å². The Bertz CT molecular complexity index is 351. The van der Waals surface area contributed by atoms with Crippen molar-refractivity contribution in [2.45, 2.75) is 19.4 Å². The summed E-state index contributed by atoms with van der Waals surface area (Å²) in [7, 11) is 0. The number of hydrogen-bond donors (Lipinski definition) is 3. The van der Waals surface area contributed by atoms with Gasteiger partial charge in [-0.05, 0) is 6.92 Å². The van der Waals surface area contributed by atoms with Crippen LogP contribution in [0.25, 0.3) is 0 Å². The van der Waals surface area contributed by atoms with Crippen LogP contribution in [0.4, 0.5) is 4.79 Å². The smallest absolute Gasteiger partial charge is 0.318 e. The Morgan fingerprint density at radius 2 is 2.11 bits per heavy atom. The molecular weight excluding hydrogens is 270 g/mol. The standard InChI is InChI=1S/C11H19N3O4S/c1-2-12-9(15)6-13-11(18)14-3-4-19-7-8(14)5-10(16)17/h8H,2-7H2,1H3,(H,12,15)(H,13,18)(H,16,17). The van der Waals surface area contributed by atoms with Crippen molar-refractivity contribution in [2.24, 2.45) is 0 Å². The van der Waals surface area contributed by atoms with E-state index in [9.17, 15) is 14.4 Å². The molecule has 1 fully saturated rings. The molecule has 1 atom stereocenters. The van der Waals surface area contributed by atoms with E-state index in [0.717, 1.165) is 5.75 Å². The van der Waals surface area contributed by atoms with E-state index >= 15 is 0 Å². The monoisotopic (exact) mass is 289 g/mol. The number of thioether (sulfide) groups is 1. The van der Waals surface area contributed by atoms with Crippen LogP contribution in [0.5, 0.6) is 0 Å². The molecule has 0 bridgehead atoms. The summed E-state index contributed by atoms with van der Waals surface area (Å²) in [5.74, 6) is 0.219. The molecule has 1 unspecified atom stereocenters. The van der Waals surface area contributed by atoms with Crippen molar-refractivity contribution in [2.75, 3.05) is 31.1 Å². The number of carboxylic acid groups (broad SMARTS) is 1. The van der Waals surface area contributed by atoms with E-state index in [1.54, 1.807) is 18.7 Å². The number of carbonyl (C=O) groups is 3. The topological polar surface area (TPSA) is 98.7 Å². The lowest BCUT2D eigenvalue weighted by molar-refractivity contribution is -0.138. The first-order valence-electron chi connectivity index (χ1n) is 6.15. The van der Waals surface area contributed by atoms with Gasteiger partial charge < -0.3 is 20.6 Å². The molecule has 108 valence electrons. The fraction of sp³-hybridized carbons (Fsp3) is 0.727. The largest absolute Gasteiger partial charge is 0.481 e. The van der Waals surface area contributed by atoms with E-state index in [2.05, 4.69) is 10.6 Å². The first-order chi connectivity index (χ1) is 9.04. The zero-order chi connectivity index (χ0) is 14.3. The molecule has 0 aromatic heterocycles. The van der Waals surface area contributed by atoms with E-state index in [0.29, 0.717) is 18.8 Å². The average Bonchev–Trinajstić information content (AvgIpc) is 2.36. The highest BCUT2D eigenvalue weighted by Gasteiger charge is 2.28. The van der Waals surface area contributed by atoms with Gasteiger partial charge in [0.1, 0.15) is 0 Å². The highest BCUT2D eigenvalue weighted by molar-refractivity contribution is 7.99. The summed E-state index contributed by atoms with van der Waals surface area (Å²) >= 11 is 1.63. The quantitative estimate of drug-likeness (QED) is 0.647. The molecule has 0 spiro atoms. The summed E-state index contributed by atoms with van der Waals surface area (Å²) in [6, 6.07) is -0.691. The summed E-state index contributed by atoms with van der Waals surface area (Å²) in [5.41, 5.74) is 0. The van der Waals surface area contributed by atoms with Crippen LogP contribution in [0, 0.1) is 0 Å². The molecule has 1 rings (SSSR count). The Morgan fingerprint density at radius 3 is 2.74 bits per heavy atom. The normalized spacial score (nSPS) is 18.8. The molecule has 19 heavy (non-hydrogen) atoms. The SMILES string of the molecule is CCNC(=O)CNC(=O)N1CCSCC1CC(=O)O. The van der Waals surface area contributed by atoms with Gasteiger partial charge in [0.25, 0.3) is 0 Å². The third kappa shape index (κ3) is 5.37. The first-order valence-corrected chi connectivity index (χ1v) is 7.30. The minimum atomic E-state index is -0.922. The van der Waals surface area contributed by atoms with Gasteiger partial charge in [0.15, 0.2) is 0 Å². The van der Waals surface area contributed by atoms with Crippen LogP contribution in [-0.2, 0) is 9.59 Å². The Hall–Kier alpha value is -1.44. The molecule has 1 aliphatic rings. The Balaban J connectivity index is 2.47. The van der Waals surface area contributed by atoms with Crippen LogP contribution in [0.1, 0.15) is 13.3 Å². The molecule has 0 saturated carbocycles. The van der Waals surface area contributed by atoms with Crippen molar-refractivity contribution >= 4 is 29.7 Å². The minimum Gasteiger partial charge on any atom is -0.481 e. The lowest BCUT2D eigenvalue weighted by Crippen LogP contribution is -2.52. The van der Waals surface area contributed by atoms with Crippen LogP contribution in [-0.4, -0.2) is 65.1 Å². The molecule has 0 aromatic rings. The Morgan fingerprint density at radius 1 is 1.37 bits per heavy atom. The maximum absolute atomic E-state index is 11.9. The molecule has 3 amide bonds. The second-order valence-corrected chi connectivity index (χ2v) is 5.28. The fourth-order valence-corrected chi connectivity index (χ4v) is 2.87. The third-order valence-electron chi connectivity index (χ3n) is 2.67. The van der Waals surface area contributed by atoms with Gasteiger partial charge in [-0.3, -0.25) is 9.59 Å². The zero-order valence-electron chi connectivity index (χ0n) is 10.8. The maximum Gasteiger partial charge on any atom is 0.318 e. The average molecular weight is 289 g/mol. The molecule has 0 aromatic carbocycles. The van der Waals surface area contributed by atoms with Crippen LogP contribution in [0.15, 0.2) is 0 Å². The van der Waals surface area contributed by atoms with Crippen molar-refractivity contribution in [3.05, 3.63) is 0 Å². The molecule has 7 nitrogen and oxygen atoms in total. The zero-order valence-corrected chi connectivity index (χ0v) is 11.7. The molecule has 8 heteroatoms. The van der Waals surface area contributed by atoms with Crippen LogP contribution >= 0.6 is 11.8 Å². The summed E-state index contributed by atoms with van der Waals surface area (Å²) in [6.45, 7) is 2.72. The molecule has 1 aliphatic heterocycles. The van der Waals surface area contributed by atoms with Crippen molar-refractivity contribution < 1.29 is 19.5 Å². The summed E-state index contributed by atoms with van der Waals surface area (Å²) < 4.78 is 0. The lowest BCUT2D eigenvalue weighted by atomic mass is 10.2. The molecule has 0 aliphatic carbocycles. The number of hydrogen-bond acceptors (Lipinski definition) is 4. The second-order valence-electron chi connectivity index (χ2n) is 4.13. The first kappa shape index (κ1) is 15.6. The predicted molar refractivity (Wildman–Crippen MR) is 72.2 cm³/mol. The van der Waals surface area contributed by atoms with Gasteiger partial charge in [-0.25, -0.2) is 4.79 Å². The number of rotatable bonds is 5. The Labute approximate surface area is 116 Å². The second kappa shape index (κ2) is 7.88. The van der Waals surface area contributed by atoms with Crippen molar-refractivity contribution in [3.8, 4) is 0 Å². The summed E-state index contributed by atoms with van der Waals surface area (Å²) in [5, 5.41) is 13.9. The number of amides is 3.